The van der Waals surface area contributed by atoms with Gasteiger partial charge < -0.3 is 0 Å². The van der Waals surface area contributed by atoms with Gasteiger partial charge in [-0.15, -0.1) is 12.3 Å². The molecule has 3 nitrogen and oxygen atoms in total. The zero-order valence-electron chi connectivity index (χ0n) is 8.05. The Balaban J connectivity index is 3.81. The number of carbonyl (C=O) groups is 1. The molecule has 1 amide bonds. The third kappa shape index (κ3) is 5.26. The lowest BCUT2D eigenvalue weighted by atomic mass is 9.97. The van der Waals surface area contributed by atoms with E-state index in [1.165, 1.54) is 0 Å². The standard InChI is InChI=1S/C10H17NO2/c1-3-5-6-8-9(7-4-2)10(12)11-13/h2,9,13H,3,5-8H2,1H3,(H,11,12)/t9-/m0/s1. The van der Waals surface area contributed by atoms with E-state index in [1.807, 2.05) is 0 Å². The minimum Gasteiger partial charge on any atom is -0.289 e. The number of amides is 1. The summed E-state index contributed by atoms with van der Waals surface area (Å²) in [4.78, 5) is 11.0. The van der Waals surface area contributed by atoms with Gasteiger partial charge in [-0.05, 0) is 6.42 Å². The summed E-state index contributed by atoms with van der Waals surface area (Å²) in [5, 5.41) is 8.42. The van der Waals surface area contributed by atoms with Gasteiger partial charge in [-0.1, -0.05) is 26.2 Å². The Labute approximate surface area is 79.5 Å². The van der Waals surface area contributed by atoms with Crippen LogP contribution in [-0.4, -0.2) is 11.1 Å². The number of hydrogen-bond acceptors (Lipinski definition) is 2. The molecule has 0 unspecified atom stereocenters. The van der Waals surface area contributed by atoms with Gasteiger partial charge >= 0.3 is 0 Å². The number of unbranched alkanes of at least 4 members (excludes halogenated alkanes) is 2. The van der Waals surface area contributed by atoms with Crippen LogP contribution in [0, 0.1) is 18.3 Å². The highest BCUT2D eigenvalue weighted by Crippen LogP contribution is 2.13. The van der Waals surface area contributed by atoms with Gasteiger partial charge in [-0.2, -0.15) is 0 Å². The summed E-state index contributed by atoms with van der Waals surface area (Å²) in [6, 6.07) is 0. The first-order valence-corrected chi connectivity index (χ1v) is 4.63. The normalized spacial score (nSPS) is 11.8. The van der Waals surface area contributed by atoms with Crippen LogP contribution in [0.3, 0.4) is 0 Å². The fraction of sp³-hybridized carbons (Fsp3) is 0.700. The van der Waals surface area contributed by atoms with Crippen LogP contribution in [0.25, 0.3) is 0 Å². The van der Waals surface area contributed by atoms with Crippen LogP contribution in [0.2, 0.25) is 0 Å². The van der Waals surface area contributed by atoms with Crippen molar-refractivity contribution in [2.45, 2.75) is 39.0 Å². The zero-order chi connectivity index (χ0) is 10.1. The fourth-order valence-electron chi connectivity index (χ4n) is 1.20. The molecule has 1 atom stereocenters. The second-order valence-corrected chi connectivity index (χ2v) is 3.08. The minimum atomic E-state index is -0.367. The van der Waals surface area contributed by atoms with Gasteiger partial charge in [0.05, 0.1) is 5.92 Å². The molecule has 0 heterocycles. The Hall–Kier alpha value is -1.01. The highest BCUT2D eigenvalue weighted by Gasteiger charge is 2.15. The van der Waals surface area contributed by atoms with Gasteiger partial charge in [-0.3, -0.25) is 10.0 Å². The average Bonchev–Trinajstić information content (AvgIpc) is 2.16. The summed E-state index contributed by atoms with van der Waals surface area (Å²) in [5.41, 5.74) is 1.64. The summed E-state index contributed by atoms with van der Waals surface area (Å²) < 4.78 is 0. The van der Waals surface area contributed by atoms with Crippen molar-refractivity contribution >= 4 is 5.91 Å². The zero-order valence-corrected chi connectivity index (χ0v) is 8.05. The molecule has 0 saturated carbocycles. The van der Waals surface area contributed by atoms with Gasteiger partial charge in [0.2, 0.25) is 5.91 Å². The van der Waals surface area contributed by atoms with Gasteiger partial charge in [0, 0.05) is 6.42 Å². The molecular formula is C10H17NO2. The van der Waals surface area contributed by atoms with E-state index in [2.05, 4.69) is 12.8 Å². The van der Waals surface area contributed by atoms with Crippen LogP contribution in [0.15, 0.2) is 0 Å². The van der Waals surface area contributed by atoms with Crippen LogP contribution in [0.4, 0.5) is 0 Å². The van der Waals surface area contributed by atoms with Crippen LogP contribution in [0.1, 0.15) is 39.0 Å². The molecule has 0 saturated heterocycles. The van der Waals surface area contributed by atoms with Crippen molar-refractivity contribution < 1.29 is 10.0 Å². The second kappa shape index (κ2) is 7.63. The lowest BCUT2D eigenvalue weighted by Crippen LogP contribution is -2.27. The van der Waals surface area contributed by atoms with Gasteiger partial charge in [-0.25, -0.2) is 5.48 Å². The molecule has 0 bridgehead atoms. The van der Waals surface area contributed by atoms with E-state index >= 15 is 0 Å². The number of hydrogen-bond donors (Lipinski definition) is 2. The van der Waals surface area contributed by atoms with E-state index in [1.54, 1.807) is 5.48 Å². The van der Waals surface area contributed by atoms with Gasteiger partial charge in [0.25, 0.3) is 0 Å². The van der Waals surface area contributed by atoms with Crippen molar-refractivity contribution in [1.29, 1.82) is 0 Å². The van der Waals surface area contributed by atoms with Crippen molar-refractivity contribution in [2.24, 2.45) is 5.92 Å². The number of hydroxylamine groups is 1. The van der Waals surface area contributed by atoms with Crippen molar-refractivity contribution in [2.75, 3.05) is 0 Å². The molecule has 3 heteroatoms. The minimum absolute atomic E-state index is 0.235. The quantitative estimate of drug-likeness (QED) is 0.285. The van der Waals surface area contributed by atoms with Crippen molar-refractivity contribution in [3.63, 3.8) is 0 Å². The third-order valence-corrected chi connectivity index (χ3v) is 2.00. The molecule has 74 valence electrons. The largest absolute Gasteiger partial charge is 0.289 e. The Morgan fingerprint density at radius 1 is 1.62 bits per heavy atom. The molecule has 0 aromatic carbocycles. The monoisotopic (exact) mass is 183 g/mol. The number of carbonyl (C=O) groups excluding carboxylic acids is 1. The van der Waals surface area contributed by atoms with Crippen molar-refractivity contribution in [1.82, 2.24) is 5.48 Å². The molecule has 13 heavy (non-hydrogen) atoms. The van der Waals surface area contributed by atoms with Crippen LogP contribution in [0.5, 0.6) is 0 Å². The highest BCUT2D eigenvalue weighted by molar-refractivity contribution is 5.77. The van der Waals surface area contributed by atoms with E-state index in [-0.39, 0.29) is 11.8 Å². The van der Waals surface area contributed by atoms with E-state index in [9.17, 15) is 4.79 Å². The molecule has 0 aromatic rings. The molecular weight excluding hydrogens is 166 g/mol. The lowest BCUT2D eigenvalue weighted by molar-refractivity contribution is -0.133. The predicted molar refractivity (Wildman–Crippen MR) is 51.0 cm³/mol. The molecule has 0 radical (unpaired) electrons. The Morgan fingerprint density at radius 2 is 2.31 bits per heavy atom. The predicted octanol–water partition coefficient (Wildman–Crippen LogP) is 1.71. The molecule has 0 aliphatic carbocycles. The first-order valence-electron chi connectivity index (χ1n) is 4.63. The summed E-state index contributed by atoms with van der Waals surface area (Å²) >= 11 is 0. The Kier molecular flexibility index (Phi) is 7.04. The highest BCUT2D eigenvalue weighted by atomic mass is 16.5. The molecule has 0 fully saturated rings. The average molecular weight is 183 g/mol. The maximum absolute atomic E-state index is 11.0. The molecule has 0 aliphatic heterocycles. The maximum atomic E-state index is 11.0. The molecule has 0 spiro atoms. The topological polar surface area (TPSA) is 49.3 Å². The molecule has 0 rings (SSSR count). The first kappa shape index (κ1) is 12.0. The summed E-state index contributed by atoms with van der Waals surface area (Å²) in [7, 11) is 0. The van der Waals surface area contributed by atoms with E-state index < -0.39 is 0 Å². The fourth-order valence-corrected chi connectivity index (χ4v) is 1.20. The third-order valence-electron chi connectivity index (χ3n) is 2.00. The number of terminal acetylenes is 1. The summed E-state index contributed by atoms with van der Waals surface area (Å²) in [5.74, 6) is 1.84. The van der Waals surface area contributed by atoms with Crippen LogP contribution >= 0.6 is 0 Å². The molecule has 0 aromatic heterocycles. The summed E-state index contributed by atoms with van der Waals surface area (Å²) in [6.45, 7) is 2.10. The summed E-state index contributed by atoms with van der Waals surface area (Å²) in [6.07, 6.45) is 9.46. The van der Waals surface area contributed by atoms with Gasteiger partial charge in [0.1, 0.15) is 0 Å². The van der Waals surface area contributed by atoms with Crippen LogP contribution < -0.4 is 5.48 Å². The smallest absolute Gasteiger partial charge is 0.247 e. The first-order chi connectivity index (χ1) is 6.26. The number of nitrogens with one attached hydrogen (secondary N) is 1. The Morgan fingerprint density at radius 3 is 2.77 bits per heavy atom. The lowest BCUT2D eigenvalue weighted by Gasteiger charge is -2.10. The van der Waals surface area contributed by atoms with Crippen LogP contribution in [-0.2, 0) is 4.79 Å². The maximum Gasteiger partial charge on any atom is 0.247 e. The Bertz CT molecular complexity index is 184. The SMILES string of the molecule is C#CC[C@@H](CCCCC)C(=O)NO. The number of rotatable bonds is 6. The van der Waals surface area contributed by atoms with Crippen molar-refractivity contribution in [3.05, 3.63) is 0 Å². The van der Waals surface area contributed by atoms with Crippen molar-refractivity contribution in [3.8, 4) is 12.3 Å². The van der Waals surface area contributed by atoms with E-state index in [0.717, 1.165) is 25.7 Å². The molecule has 2 N–H and O–H groups in total. The van der Waals surface area contributed by atoms with E-state index in [4.69, 9.17) is 11.6 Å². The molecule has 0 aliphatic rings. The van der Waals surface area contributed by atoms with Gasteiger partial charge in [0.15, 0.2) is 0 Å². The van der Waals surface area contributed by atoms with E-state index in [0.29, 0.717) is 6.42 Å². The second-order valence-electron chi connectivity index (χ2n) is 3.08.